The van der Waals surface area contributed by atoms with Crippen molar-refractivity contribution in [3.8, 4) is 5.75 Å². The average molecular weight is 356 g/mol. The van der Waals surface area contributed by atoms with Gasteiger partial charge in [-0.25, -0.2) is 0 Å². The molecule has 1 aliphatic heterocycles. The number of rotatable bonds is 5. The number of ether oxygens (including phenoxy) is 1. The van der Waals surface area contributed by atoms with Crippen molar-refractivity contribution < 1.29 is 9.84 Å². The third-order valence-corrected chi connectivity index (χ3v) is 7.38. The molecule has 3 heteroatoms. The molecule has 1 N–H and O–H groups in total. The number of likely N-dealkylation sites (N-methyl/N-ethyl adjacent to an activating group) is 1. The predicted molar refractivity (Wildman–Crippen MR) is 106 cm³/mol. The molecule has 2 bridgehead atoms. The first-order chi connectivity index (χ1) is 12.6. The van der Waals surface area contributed by atoms with Gasteiger partial charge >= 0.3 is 0 Å². The summed E-state index contributed by atoms with van der Waals surface area (Å²) >= 11 is 0. The van der Waals surface area contributed by atoms with Gasteiger partial charge in [-0.1, -0.05) is 31.9 Å². The average Bonchev–Trinajstić information content (AvgIpc) is 2.68. The molecule has 2 aliphatic carbocycles. The maximum Gasteiger partial charge on any atom is 0.119 e. The van der Waals surface area contributed by atoms with E-state index in [-0.39, 0.29) is 11.5 Å². The van der Waals surface area contributed by atoms with Gasteiger partial charge in [0, 0.05) is 11.5 Å². The zero-order valence-corrected chi connectivity index (χ0v) is 16.5. The van der Waals surface area contributed by atoms with Gasteiger partial charge in [-0.2, -0.15) is 0 Å². The highest BCUT2D eigenvalue weighted by Gasteiger charge is 2.53. The van der Waals surface area contributed by atoms with Gasteiger partial charge in [-0.05, 0) is 80.4 Å². The molecule has 26 heavy (non-hydrogen) atoms. The zero-order valence-electron chi connectivity index (χ0n) is 16.5. The van der Waals surface area contributed by atoms with Crippen LogP contribution in [0.5, 0.6) is 5.75 Å². The molecular weight excluding hydrogens is 322 g/mol. The fraction of sp³-hybridized carbons (Fsp3) is 0.652. The number of piperidine rings is 1. The minimum Gasteiger partial charge on any atom is -0.497 e. The summed E-state index contributed by atoms with van der Waals surface area (Å²) in [6.07, 6.45) is 9.76. The van der Waals surface area contributed by atoms with Gasteiger partial charge in [0.1, 0.15) is 5.75 Å². The second kappa shape index (κ2) is 7.01. The van der Waals surface area contributed by atoms with Crippen LogP contribution in [-0.4, -0.2) is 42.9 Å². The second-order valence-corrected chi connectivity index (χ2v) is 8.63. The Hall–Kier alpha value is -1.32. The largest absolute Gasteiger partial charge is 0.497 e. The summed E-state index contributed by atoms with van der Waals surface area (Å²) in [5.74, 6) is 1.59. The number of unbranched alkanes of at least 4 members (excludes halogenated alkanes) is 1. The predicted octanol–water partition coefficient (Wildman–Crippen LogP) is 4.08. The van der Waals surface area contributed by atoms with Gasteiger partial charge in [-0.3, -0.25) is 0 Å². The Labute approximate surface area is 158 Å². The second-order valence-electron chi connectivity index (χ2n) is 8.63. The van der Waals surface area contributed by atoms with Crippen molar-refractivity contribution in [2.75, 3.05) is 20.7 Å². The summed E-state index contributed by atoms with van der Waals surface area (Å²) in [6.45, 7) is 3.36. The van der Waals surface area contributed by atoms with E-state index in [0.717, 1.165) is 44.3 Å². The number of hydrogen-bond donors (Lipinski definition) is 1. The monoisotopic (exact) mass is 355 g/mol. The Balaban J connectivity index is 1.72. The lowest BCUT2D eigenvalue weighted by Crippen LogP contribution is -2.59. The molecule has 1 fully saturated rings. The fourth-order valence-corrected chi connectivity index (χ4v) is 5.78. The normalized spacial score (nSPS) is 31.6. The molecule has 0 aromatic heterocycles. The van der Waals surface area contributed by atoms with Gasteiger partial charge in [0.25, 0.3) is 0 Å². The van der Waals surface area contributed by atoms with Gasteiger partial charge in [0.15, 0.2) is 0 Å². The Morgan fingerprint density at radius 1 is 1.35 bits per heavy atom. The first-order valence-electron chi connectivity index (χ1n) is 10.3. The number of allylic oxidation sites excluding steroid dienone is 1. The number of aliphatic hydroxyl groups is 1. The van der Waals surface area contributed by atoms with Crippen LogP contribution in [0.15, 0.2) is 29.8 Å². The van der Waals surface area contributed by atoms with Crippen LogP contribution in [0.4, 0.5) is 0 Å². The highest BCUT2D eigenvalue weighted by molar-refractivity contribution is 5.47. The molecule has 3 nitrogen and oxygen atoms in total. The van der Waals surface area contributed by atoms with Crippen molar-refractivity contribution in [1.82, 2.24) is 4.90 Å². The molecule has 1 unspecified atom stereocenters. The summed E-state index contributed by atoms with van der Waals surface area (Å²) < 4.78 is 5.55. The Morgan fingerprint density at radius 2 is 2.19 bits per heavy atom. The summed E-state index contributed by atoms with van der Waals surface area (Å²) in [6, 6.07) is 7.29. The highest BCUT2D eigenvalue weighted by Crippen LogP contribution is 2.56. The van der Waals surface area contributed by atoms with Gasteiger partial charge in [-0.15, -0.1) is 0 Å². The number of benzene rings is 1. The van der Waals surface area contributed by atoms with E-state index in [1.807, 2.05) is 0 Å². The summed E-state index contributed by atoms with van der Waals surface area (Å²) in [5, 5.41) is 10.7. The van der Waals surface area contributed by atoms with Gasteiger partial charge in [0.05, 0.1) is 13.2 Å². The van der Waals surface area contributed by atoms with Crippen LogP contribution in [0.3, 0.4) is 0 Å². The molecule has 0 amide bonds. The van der Waals surface area contributed by atoms with Gasteiger partial charge < -0.3 is 14.7 Å². The standard InChI is InChI=1S/C23H33NO2/c1-4-5-6-22(25)17-9-10-23-11-12-24(2)21(20(23)13-17)14-16-7-8-18(26-3)15-19(16)23/h7-9,15,20-22,25H,4-6,10-14H2,1-3H3/t20-,21-,22?,23+/m1/s1. The van der Waals surface area contributed by atoms with E-state index < -0.39 is 0 Å². The lowest BCUT2D eigenvalue weighted by Gasteiger charge is -2.58. The van der Waals surface area contributed by atoms with E-state index in [1.165, 1.54) is 29.7 Å². The topological polar surface area (TPSA) is 32.7 Å². The summed E-state index contributed by atoms with van der Waals surface area (Å²) in [5.41, 5.74) is 4.55. The van der Waals surface area contributed by atoms with Crippen molar-refractivity contribution in [2.24, 2.45) is 5.92 Å². The maximum absolute atomic E-state index is 10.7. The van der Waals surface area contributed by atoms with Crippen LogP contribution >= 0.6 is 0 Å². The van der Waals surface area contributed by atoms with Crippen LogP contribution in [0, 0.1) is 5.92 Å². The van der Waals surface area contributed by atoms with Crippen molar-refractivity contribution in [2.45, 2.75) is 69.4 Å². The summed E-state index contributed by atoms with van der Waals surface area (Å²) in [7, 11) is 4.05. The first-order valence-corrected chi connectivity index (χ1v) is 10.3. The van der Waals surface area contributed by atoms with Crippen molar-refractivity contribution in [1.29, 1.82) is 0 Å². The quantitative estimate of drug-likeness (QED) is 0.808. The van der Waals surface area contributed by atoms with Crippen LogP contribution in [0.1, 0.15) is 56.6 Å². The number of methoxy groups -OCH3 is 1. The Morgan fingerprint density at radius 3 is 2.96 bits per heavy atom. The van der Waals surface area contributed by atoms with Crippen molar-refractivity contribution >= 4 is 0 Å². The minimum atomic E-state index is -0.245. The zero-order chi connectivity index (χ0) is 18.3. The van der Waals surface area contributed by atoms with Crippen LogP contribution in [-0.2, 0) is 11.8 Å². The Kier molecular flexibility index (Phi) is 4.87. The van der Waals surface area contributed by atoms with E-state index >= 15 is 0 Å². The lowest BCUT2D eigenvalue weighted by atomic mass is 9.52. The van der Waals surface area contributed by atoms with E-state index in [4.69, 9.17) is 4.74 Å². The third-order valence-electron chi connectivity index (χ3n) is 7.38. The number of nitrogens with zero attached hydrogens (tertiary/aromatic N) is 1. The van der Waals surface area contributed by atoms with Gasteiger partial charge in [0.2, 0.25) is 0 Å². The molecule has 1 saturated heterocycles. The van der Waals surface area contributed by atoms with Crippen molar-refractivity contribution in [3.63, 3.8) is 0 Å². The molecule has 0 radical (unpaired) electrons. The maximum atomic E-state index is 10.7. The third kappa shape index (κ3) is 2.80. The van der Waals surface area contributed by atoms with Crippen LogP contribution < -0.4 is 4.74 Å². The molecule has 4 rings (SSSR count). The lowest BCUT2D eigenvalue weighted by molar-refractivity contribution is 0.0214. The number of hydrogen-bond acceptors (Lipinski definition) is 3. The number of aliphatic hydroxyl groups excluding tert-OH is 1. The number of likely N-dealkylation sites (tertiary alicyclic amines) is 1. The van der Waals surface area contributed by atoms with Crippen molar-refractivity contribution in [3.05, 3.63) is 41.0 Å². The molecule has 1 aromatic carbocycles. The first kappa shape index (κ1) is 18.1. The highest BCUT2D eigenvalue weighted by atomic mass is 16.5. The minimum absolute atomic E-state index is 0.229. The van der Waals surface area contributed by atoms with Crippen LogP contribution in [0.25, 0.3) is 0 Å². The smallest absolute Gasteiger partial charge is 0.119 e. The SMILES string of the molecule is CCCCC(O)C1=CC[C@]23CCN(C)[C@H](Cc4ccc(OC)cc42)[C@H]3C1. The van der Waals surface area contributed by atoms with E-state index in [2.05, 4.69) is 43.1 Å². The molecule has 0 saturated carbocycles. The molecule has 1 aromatic rings. The van der Waals surface area contributed by atoms with E-state index in [9.17, 15) is 5.11 Å². The number of fused-ring (bicyclic) bond motifs is 1. The van der Waals surface area contributed by atoms with Crippen LogP contribution in [0.2, 0.25) is 0 Å². The molecule has 142 valence electrons. The van der Waals surface area contributed by atoms with E-state index in [0.29, 0.717) is 12.0 Å². The fourth-order valence-electron chi connectivity index (χ4n) is 5.78. The molecule has 3 aliphatic rings. The summed E-state index contributed by atoms with van der Waals surface area (Å²) in [4.78, 5) is 2.57. The van der Waals surface area contributed by atoms with E-state index in [1.54, 1.807) is 7.11 Å². The molecule has 4 atom stereocenters. The molecular formula is C23H33NO2. The molecule has 1 heterocycles. The Bertz CT molecular complexity index is 697. The molecule has 0 spiro atoms.